The summed E-state index contributed by atoms with van der Waals surface area (Å²) in [6, 6.07) is 12.8. The zero-order valence-electron chi connectivity index (χ0n) is 10.1. The van der Waals surface area contributed by atoms with E-state index in [1.54, 1.807) is 10.8 Å². The molecule has 0 spiro atoms. The van der Waals surface area contributed by atoms with Crippen molar-refractivity contribution in [1.29, 1.82) is 0 Å². The SMILES string of the molecule is CC(C)(Cc1ccc(-n2cccc2)cc1)SS. The van der Waals surface area contributed by atoms with Crippen LogP contribution in [0, 0.1) is 0 Å². The third-order valence-corrected chi connectivity index (χ3v) is 4.84. The average Bonchev–Trinajstić information content (AvgIpc) is 2.83. The van der Waals surface area contributed by atoms with Crippen LogP contribution >= 0.6 is 22.5 Å². The van der Waals surface area contributed by atoms with Gasteiger partial charge in [-0.05, 0) is 50.1 Å². The molecule has 1 nitrogen and oxygen atoms in total. The first-order chi connectivity index (χ1) is 8.11. The monoisotopic (exact) mass is 263 g/mol. The van der Waals surface area contributed by atoms with Crippen LogP contribution in [0.15, 0.2) is 48.8 Å². The molecule has 0 N–H and O–H groups in total. The maximum atomic E-state index is 4.31. The topological polar surface area (TPSA) is 4.93 Å². The minimum Gasteiger partial charge on any atom is -0.324 e. The number of aromatic nitrogens is 1. The predicted octanol–water partition coefficient (Wildman–Crippen LogP) is 4.38. The van der Waals surface area contributed by atoms with Crippen LogP contribution in [0.2, 0.25) is 0 Å². The van der Waals surface area contributed by atoms with Crippen molar-refractivity contribution in [2.24, 2.45) is 0 Å². The molecule has 3 heteroatoms. The highest BCUT2D eigenvalue weighted by Crippen LogP contribution is 2.31. The number of thiol groups is 1. The maximum Gasteiger partial charge on any atom is 0.0449 e. The lowest BCUT2D eigenvalue weighted by molar-refractivity contribution is 0.713. The second kappa shape index (κ2) is 5.23. The van der Waals surface area contributed by atoms with E-state index >= 15 is 0 Å². The van der Waals surface area contributed by atoms with E-state index < -0.39 is 0 Å². The van der Waals surface area contributed by atoms with Gasteiger partial charge in [0.25, 0.3) is 0 Å². The molecule has 0 radical (unpaired) electrons. The Morgan fingerprint density at radius 1 is 1.12 bits per heavy atom. The van der Waals surface area contributed by atoms with E-state index in [0.29, 0.717) is 0 Å². The quantitative estimate of drug-likeness (QED) is 0.634. The molecule has 90 valence electrons. The van der Waals surface area contributed by atoms with Crippen molar-refractivity contribution >= 4 is 22.5 Å². The van der Waals surface area contributed by atoms with Crippen LogP contribution in [0.3, 0.4) is 0 Å². The summed E-state index contributed by atoms with van der Waals surface area (Å²) in [4.78, 5) is 0. The molecule has 0 bridgehead atoms. The number of nitrogens with zero attached hydrogens (tertiary/aromatic N) is 1. The second-order valence-corrected chi connectivity index (χ2v) is 6.62. The van der Waals surface area contributed by atoms with E-state index in [1.165, 1.54) is 11.3 Å². The molecule has 0 atom stereocenters. The Kier molecular flexibility index (Phi) is 3.89. The van der Waals surface area contributed by atoms with Crippen molar-refractivity contribution < 1.29 is 0 Å². The molecule has 2 rings (SSSR count). The molecule has 0 aliphatic carbocycles. The molecule has 0 aliphatic rings. The van der Waals surface area contributed by atoms with E-state index in [4.69, 9.17) is 0 Å². The van der Waals surface area contributed by atoms with Crippen LogP contribution in [0.1, 0.15) is 19.4 Å². The zero-order chi connectivity index (χ0) is 12.3. The highest BCUT2D eigenvalue weighted by atomic mass is 33.1. The van der Waals surface area contributed by atoms with E-state index in [-0.39, 0.29) is 4.75 Å². The average molecular weight is 263 g/mol. The Hall–Kier alpha value is -0.800. The molecule has 2 aromatic rings. The summed E-state index contributed by atoms with van der Waals surface area (Å²) in [5.41, 5.74) is 2.56. The van der Waals surface area contributed by atoms with Crippen LogP contribution in [-0.2, 0) is 6.42 Å². The summed E-state index contributed by atoms with van der Waals surface area (Å²) in [6.07, 6.45) is 5.15. The van der Waals surface area contributed by atoms with Gasteiger partial charge in [0.15, 0.2) is 0 Å². The normalized spacial score (nSPS) is 11.7. The van der Waals surface area contributed by atoms with E-state index in [0.717, 1.165) is 6.42 Å². The van der Waals surface area contributed by atoms with E-state index in [1.807, 2.05) is 12.1 Å². The standard InChI is InChI=1S/C14H17NS2/c1-14(2,17-16)11-12-5-7-13(8-6-12)15-9-3-4-10-15/h3-10,16H,11H2,1-2H3. The minimum absolute atomic E-state index is 0.179. The Morgan fingerprint density at radius 2 is 1.71 bits per heavy atom. The fourth-order valence-corrected chi connectivity index (χ4v) is 2.24. The summed E-state index contributed by atoms with van der Waals surface area (Å²) in [5.74, 6) is 0. The molecule has 1 heterocycles. The van der Waals surface area contributed by atoms with Crippen LogP contribution in [0.25, 0.3) is 5.69 Å². The summed E-state index contributed by atoms with van der Waals surface area (Å²) in [5, 5.41) is 0. The minimum atomic E-state index is 0.179. The fourth-order valence-electron chi connectivity index (χ4n) is 1.82. The molecule has 1 aromatic carbocycles. The fraction of sp³-hybridized carbons (Fsp3) is 0.286. The van der Waals surface area contributed by atoms with Crippen LogP contribution in [0.5, 0.6) is 0 Å². The Morgan fingerprint density at radius 3 is 2.24 bits per heavy atom. The van der Waals surface area contributed by atoms with E-state index in [9.17, 15) is 0 Å². The molecule has 1 aromatic heterocycles. The van der Waals surface area contributed by atoms with Gasteiger partial charge in [-0.25, -0.2) is 0 Å². The lowest BCUT2D eigenvalue weighted by atomic mass is 10.0. The van der Waals surface area contributed by atoms with Gasteiger partial charge in [0.2, 0.25) is 0 Å². The van der Waals surface area contributed by atoms with E-state index in [2.05, 4.69) is 66.7 Å². The molecule has 17 heavy (non-hydrogen) atoms. The van der Waals surface area contributed by atoms with Gasteiger partial charge < -0.3 is 4.57 Å². The lowest BCUT2D eigenvalue weighted by Crippen LogP contribution is -2.16. The highest BCUT2D eigenvalue weighted by molar-refractivity contribution is 8.69. The van der Waals surface area contributed by atoms with Gasteiger partial charge in [-0.2, -0.15) is 0 Å². The summed E-state index contributed by atoms with van der Waals surface area (Å²) in [6.45, 7) is 4.43. The maximum absolute atomic E-state index is 4.31. The van der Waals surface area contributed by atoms with Crippen LogP contribution in [-0.4, -0.2) is 9.31 Å². The molecule has 0 aliphatic heterocycles. The third kappa shape index (κ3) is 3.33. The first-order valence-electron chi connectivity index (χ1n) is 5.66. The van der Waals surface area contributed by atoms with Crippen LogP contribution in [0.4, 0.5) is 0 Å². The summed E-state index contributed by atoms with van der Waals surface area (Å²) in [7, 11) is 1.61. The van der Waals surface area contributed by atoms with Crippen molar-refractivity contribution in [3.05, 3.63) is 54.4 Å². The van der Waals surface area contributed by atoms with Gasteiger partial charge in [0, 0.05) is 22.8 Å². The van der Waals surface area contributed by atoms with Gasteiger partial charge in [-0.3, -0.25) is 0 Å². The van der Waals surface area contributed by atoms with Gasteiger partial charge in [-0.1, -0.05) is 22.9 Å². The summed E-state index contributed by atoms with van der Waals surface area (Å²) < 4.78 is 2.29. The van der Waals surface area contributed by atoms with Crippen molar-refractivity contribution in [2.75, 3.05) is 0 Å². The highest BCUT2D eigenvalue weighted by Gasteiger charge is 2.17. The Bertz CT molecular complexity index is 457. The smallest absolute Gasteiger partial charge is 0.0449 e. The second-order valence-electron chi connectivity index (χ2n) is 4.78. The van der Waals surface area contributed by atoms with Crippen molar-refractivity contribution in [2.45, 2.75) is 25.0 Å². The molecule has 0 fully saturated rings. The Balaban J connectivity index is 2.14. The lowest BCUT2D eigenvalue weighted by Gasteiger charge is -2.20. The van der Waals surface area contributed by atoms with Gasteiger partial charge in [0.1, 0.15) is 0 Å². The number of benzene rings is 1. The van der Waals surface area contributed by atoms with Crippen molar-refractivity contribution in [3.8, 4) is 5.69 Å². The molecular weight excluding hydrogens is 246 g/mol. The Labute approximate surface area is 112 Å². The molecule has 0 saturated heterocycles. The number of hydrogen-bond acceptors (Lipinski definition) is 2. The van der Waals surface area contributed by atoms with Gasteiger partial charge in [0.05, 0.1) is 0 Å². The molecule has 0 unspecified atom stereocenters. The molecule has 0 saturated carbocycles. The zero-order valence-corrected chi connectivity index (χ0v) is 11.8. The first kappa shape index (κ1) is 12.7. The first-order valence-corrected chi connectivity index (χ1v) is 7.52. The van der Waals surface area contributed by atoms with Crippen molar-refractivity contribution in [1.82, 2.24) is 4.57 Å². The van der Waals surface area contributed by atoms with Gasteiger partial charge >= 0.3 is 0 Å². The van der Waals surface area contributed by atoms with Crippen LogP contribution < -0.4 is 0 Å². The largest absolute Gasteiger partial charge is 0.324 e. The summed E-state index contributed by atoms with van der Waals surface area (Å²) >= 11 is 4.31. The predicted molar refractivity (Wildman–Crippen MR) is 80.1 cm³/mol. The number of hydrogen-bond donors (Lipinski definition) is 1. The van der Waals surface area contributed by atoms with Crippen molar-refractivity contribution in [3.63, 3.8) is 0 Å². The number of rotatable bonds is 4. The third-order valence-electron chi connectivity index (χ3n) is 2.72. The van der Waals surface area contributed by atoms with Gasteiger partial charge in [-0.15, -0.1) is 11.7 Å². The molecule has 0 amide bonds. The molecular formula is C14H17NS2.